The quantitative estimate of drug-likeness (QED) is 0.256. The molecule has 1 amide bonds. The van der Waals surface area contributed by atoms with Crippen LogP contribution >= 0.6 is 0 Å². The molecule has 0 radical (unpaired) electrons. The summed E-state index contributed by atoms with van der Waals surface area (Å²) >= 11 is 0. The molecular weight excluding hydrogens is 548 g/mol. The van der Waals surface area contributed by atoms with E-state index in [1.807, 2.05) is 30.3 Å². The summed E-state index contributed by atoms with van der Waals surface area (Å²) in [6.07, 6.45) is 0.0612. The number of esters is 4. The lowest BCUT2D eigenvalue weighted by Crippen LogP contribution is -2.47. The van der Waals surface area contributed by atoms with Gasteiger partial charge in [-0.05, 0) is 32.8 Å². The third kappa shape index (κ3) is 10.2. The molecule has 42 heavy (non-hydrogen) atoms. The third-order valence-corrected chi connectivity index (χ3v) is 5.82. The number of carbonyl (C=O) groups is 5. The Morgan fingerprint density at radius 2 is 1.55 bits per heavy atom. The smallest absolute Gasteiger partial charge is 0.332 e. The zero-order chi connectivity index (χ0) is 31.4. The molecule has 0 saturated carbocycles. The van der Waals surface area contributed by atoms with Crippen molar-refractivity contribution in [1.29, 1.82) is 0 Å². The first-order valence-corrected chi connectivity index (χ1v) is 13.5. The fourth-order valence-corrected chi connectivity index (χ4v) is 3.69. The second kappa shape index (κ2) is 16.1. The topological polar surface area (TPSA) is 156 Å². The second-order valence-electron chi connectivity index (χ2n) is 10.0. The molecule has 1 aromatic heterocycles. The van der Waals surface area contributed by atoms with Crippen molar-refractivity contribution in [2.45, 2.75) is 66.2 Å². The van der Waals surface area contributed by atoms with E-state index in [2.05, 4.69) is 10.3 Å². The first-order chi connectivity index (χ1) is 19.8. The SMILES string of the molecule is COc1ccnc(C(=O)NC(COC(=O)C(Cc2ccccc2)C(C)OC(=O)C(C)C)C(=O)OC(C)C)c1OC(C)=O. The molecule has 0 aliphatic rings. The van der Waals surface area contributed by atoms with Crippen molar-refractivity contribution in [3.63, 3.8) is 0 Å². The minimum absolute atomic E-state index is 0.0618. The Morgan fingerprint density at radius 3 is 2.12 bits per heavy atom. The number of carbonyl (C=O) groups excluding carboxylic acids is 5. The molecule has 3 atom stereocenters. The standard InChI is InChI=1S/C30H38N2O10/c1-17(2)28(35)41-19(5)22(15-21-11-9-8-10-12-21)29(36)39-16-23(30(37)40-18(3)4)32-27(34)25-26(42-20(6)33)24(38-7)13-14-31-25/h8-14,17-19,22-23H,15-16H2,1-7H3,(H,32,34). The summed E-state index contributed by atoms with van der Waals surface area (Å²) in [6.45, 7) is 8.72. The highest BCUT2D eigenvalue weighted by Crippen LogP contribution is 2.29. The van der Waals surface area contributed by atoms with Crippen LogP contribution in [0.15, 0.2) is 42.6 Å². The number of nitrogens with one attached hydrogen (secondary N) is 1. The van der Waals surface area contributed by atoms with Gasteiger partial charge in [-0.1, -0.05) is 44.2 Å². The van der Waals surface area contributed by atoms with Gasteiger partial charge in [-0.15, -0.1) is 0 Å². The van der Waals surface area contributed by atoms with E-state index in [4.69, 9.17) is 23.7 Å². The number of nitrogens with zero attached hydrogens (tertiary/aromatic N) is 1. The van der Waals surface area contributed by atoms with Gasteiger partial charge in [0.1, 0.15) is 12.7 Å². The van der Waals surface area contributed by atoms with E-state index in [9.17, 15) is 24.0 Å². The molecular formula is C30H38N2O10. The van der Waals surface area contributed by atoms with Crippen molar-refractivity contribution in [3.8, 4) is 11.5 Å². The maximum absolute atomic E-state index is 13.3. The Balaban J connectivity index is 2.30. The number of hydrogen-bond donors (Lipinski definition) is 1. The summed E-state index contributed by atoms with van der Waals surface area (Å²) < 4.78 is 26.6. The Morgan fingerprint density at radius 1 is 0.881 bits per heavy atom. The third-order valence-electron chi connectivity index (χ3n) is 5.82. The molecule has 2 aromatic rings. The second-order valence-corrected chi connectivity index (χ2v) is 10.0. The highest BCUT2D eigenvalue weighted by atomic mass is 16.6. The van der Waals surface area contributed by atoms with E-state index < -0.39 is 66.5 Å². The number of aromatic nitrogens is 1. The molecule has 0 bridgehead atoms. The molecule has 12 heteroatoms. The Bertz CT molecular complexity index is 1250. The summed E-state index contributed by atoms with van der Waals surface area (Å²) in [5, 5.41) is 2.44. The van der Waals surface area contributed by atoms with Crippen LogP contribution in [0.4, 0.5) is 0 Å². The van der Waals surface area contributed by atoms with Gasteiger partial charge in [0.25, 0.3) is 5.91 Å². The van der Waals surface area contributed by atoms with E-state index in [0.29, 0.717) is 0 Å². The van der Waals surface area contributed by atoms with Crippen molar-refractivity contribution >= 4 is 29.8 Å². The van der Waals surface area contributed by atoms with Crippen LogP contribution < -0.4 is 14.8 Å². The van der Waals surface area contributed by atoms with E-state index in [1.54, 1.807) is 34.6 Å². The van der Waals surface area contributed by atoms with Gasteiger partial charge < -0.3 is 29.0 Å². The monoisotopic (exact) mass is 586 g/mol. The maximum Gasteiger partial charge on any atom is 0.332 e. The molecule has 1 heterocycles. The van der Waals surface area contributed by atoms with Crippen molar-refractivity contribution in [2.75, 3.05) is 13.7 Å². The minimum Gasteiger partial charge on any atom is -0.493 e. The zero-order valence-electron chi connectivity index (χ0n) is 24.9. The van der Waals surface area contributed by atoms with Gasteiger partial charge in [0.05, 0.1) is 25.0 Å². The highest BCUT2D eigenvalue weighted by molar-refractivity contribution is 5.98. The lowest BCUT2D eigenvalue weighted by Gasteiger charge is -2.25. The zero-order valence-corrected chi connectivity index (χ0v) is 24.9. The number of hydrogen-bond acceptors (Lipinski definition) is 11. The van der Waals surface area contributed by atoms with Crippen LogP contribution in [-0.4, -0.2) is 66.7 Å². The van der Waals surface area contributed by atoms with Crippen LogP contribution in [-0.2, 0) is 39.8 Å². The van der Waals surface area contributed by atoms with Gasteiger partial charge in [-0.2, -0.15) is 0 Å². The lowest BCUT2D eigenvalue weighted by atomic mass is 9.94. The summed E-state index contributed by atoms with van der Waals surface area (Å²) in [7, 11) is 1.32. The predicted molar refractivity (Wildman–Crippen MR) is 150 cm³/mol. The average molecular weight is 587 g/mol. The highest BCUT2D eigenvalue weighted by Gasteiger charge is 2.33. The first kappa shape index (κ1) is 33.7. The van der Waals surface area contributed by atoms with Crippen LogP contribution in [0.3, 0.4) is 0 Å². The summed E-state index contributed by atoms with van der Waals surface area (Å²) in [6, 6.07) is 9.04. The van der Waals surface area contributed by atoms with E-state index in [-0.39, 0.29) is 23.6 Å². The van der Waals surface area contributed by atoms with Crippen LogP contribution in [0, 0.1) is 11.8 Å². The van der Waals surface area contributed by atoms with E-state index >= 15 is 0 Å². The molecule has 12 nitrogen and oxygen atoms in total. The normalized spacial score (nSPS) is 13.0. The molecule has 2 rings (SSSR count). The van der Waals surface area contributed by atoms with Crippen LogP contribution in [0.5, 0.6) is 11.5 Å². The number of pyridine rings is 1. The van der Waals surface area contributed by atoms with E-state index in [0.717, 1.165) is 12.5 Å². The number of benzene rings is 1. The van der Waals surface area contributed by atoms with Gasteiger partial charge in [-0.3, -0.25) is 19.2 Å². The van der Waals surface area contributed by atoms with Gasteiger partial charge in [0.15, 0.2) is 17.5 Å². The molecule has 1 aromatic carbocycles. The van der Waals surface area contributed by atoms with Crippen molar-refractivity contribution < 1.29 is 47.7 Å². The fourth-order valence-electron chi connectivity index (χ4n) is 3.69. The van der Waals surface area contributed by atoms with Gasteiger partial charge in [0.2, 0.25) is 5.75 Å². The summed E-state index contributed by atoms with van der Waals surface area (Å²) in [4.78, 5) is 67.3. The Labute approximate surface area is 245 Å². The molecule has 3 unspecified atom stereocenters. The maximum atomic E-state index is 13.3. The van der Waals surface area contributed by atoms with Crippen LogP contribution in [0.1, 0.15) is 57.6 Å². The van der Waals surface area contributed by atoms with E-state index in [1.165, 1.54) is 19.4 Å². The van der Waals surface area contributed by atoms with Crippen molar-refractivity contribution in [1.82, 2.24) is 10.3 Å². The summed E-state index contributed by atoms with van der Waals surface area (Å²) in [5.41, 5.74) is 0.465. The predicted octanol–water partition coefficient (Wildman–Crippen LogP) is 3.06. The van der Waals surface area contributed by atoms with Crippen LogP contribution in [0.25, 0.3) is 0 Å². The molecule has 0 aliphatic heterocycles. The first-order valence-electron chi connectivity index (χ1n) is 13.5. The molecule has 0 aliphatic carbocycles. The Kier molecular flexibility index (Phi) is 12.9. The molecule has 0 spiro atoms. The molecule has 228 valence electrons. The van der Waals surface area contributed by atoms with Gasteiger partial charge >= 0.3 is 23.9 Å². The average Bonchev–Trinajstić information content (AvgIpc) is 2.93. The summed E-state index contributed by atoms with van der Waals surface area (Å²) in [5.74, 6) is -5.25. The Hall–Kier alpha value is -4.48. The number of amides is 1. The minimum atomic E-state index is -1.45. The molecule has 1 N–H and O–H groups in total. The molecule has 0 saturated heterocycles. The molecule has 0 fully saturated rings. The lowest BCUT2D eigenvalue weighted by molar-refractivity contribution is -0.164. The van der Waals surface area contributed by atoms with Gasteiger partial charge in [-0.25, -0.2) is 9.78 Å². The van der Waals surface area contributed by atoms with Crippen molar-refractivity contribution in [3.05, 3.63) is 53.9 Å². The number of rotatable bonds is 14. The van der Waals surface area contributed by atoms with Crippen LogP contribution in [0.2, 0.25) is 0 Å². The largest absolute Gasteiger partial charge is 0.493 e. The number of methoxy groups -OCH3 is 1. The number of ether oxygens (including phenoxy) is 5. The fraction of sp³-hybridized carbons (Fsp3) is 0.467. The van der Waals surface area contributed by atoms with Gasteiger partial charge in [0, 0.05) is 19.2 Å². The van der Waals surface area contributed by atoms with Crippen molar-refractivity contribution in [2.24, 2.45) is 11.8 Å².